The Morgan fingerprint density at radius 3 is 2.65 bits per heavy atom. The fourth-order valence-electron chi connectivity index (χ4n) is 3.04. The summed E-state index contributed by atoms with van der Waals surface area (Å²) >= 11 is 3.42. The summed E-state index contributed by atoms with van der Waals surface area (Å²) in [6.07, 6.45) is 1.67. The van der Waals surface area contributed by atoms with Crippen molar-refractivity contribution in [2.45, 2.75) is 29.5 Å². The highest BCUT2D eigenvalue weighted by Gasteiger charge is 2.22. The second kappa shape index (κ2) is 9.21. The molecular weight excluding hydrogens is 366 g/mol. The molecule has 3 rings (SSSR count). The van der Waals surface area contributed by atoms with Gasteiger partial charge in [-0.15, -0.1) is 23.1 Å². The van der Waals surface area contributed by atoms with E-state index < -0.39 is 0 Å². The summed E-state index contributed by atoms with van der Waals surface area (Å²) in [6, 6.07) is 12.1. The van der Waals surface area contributed by atoms with Gasteiger partial charge < -0.3 is 11.1 Å². The number of likely N-dealkylation sites (tertiary alicyclic amines) is 1. The van der Waals surface area contributed by atoms with E-state index in [4.69, 9.17) is 5.73 Å². The number of thiophene rings is 1. The Morgan fingerprint density at radius 2 is 1.96 bits per heavy atom. The van der Waals surface area contributed by atoms with Crippen molar-refractivity contribution in [2.24, 2.45) is 5.73 Å². The van der Waals surface area contributed by atoms with Crippen LogP contribution in [0.15, 0.2) is 46.7 Å². The van der Waals surface area contributed by atoms with Crippen LogP contribution in [-0.2, 0) is 10.5 Å². The number of carbonyl (C=O) groups excluding carboxylic acids is 2. The van der Waals surface area contributed by atoms with E-state index in [9.17, 15) is 9.59 Å². The average molecular weight is 390 g/mol. The zero-order chi connectivity index (χ0) is 18.4. The molecule has 26 heavy (non-hydrogen) atoms. The van der Waals surface area contributed by atoms with Crippen LogP contribution in [0.4, 0.5) is 0 Å². The Kier molecular flexibility index (Phi) is 6.71. The van der Waals surface area contributed by atoms with E-state index in [0.717, 1.165) is 42.1 Å². The molecule has 1 fully saturated rings. The van der Waals surface area contributed by atoms with Gasteiger partial charge in [0.1, 0.15) is 0 Å². The van der Waals surface area contributed by atoms with Gasteiger partial charge in [-0.1, -0.05) is 18.2 Å². The maximum atomic E-state index is 12.7. The molecule has 5 nitrogen and oxygen atoms in total. The summed E-state index contributed by atoms with van der Waals surface area (Å²) < 4.78 is 0. The molecule has 0 spiro atoms. The van der Waals surface area contributed by atoms with Crippen LogP contribution >= 0.6 is 23.1 Å². The molecule has 7 heteroatoms. The third kappa shape index (κ3) is 5.33. The van der Waals surface area contributed by atoms with Gasteiger partial charge in [0.2, 0.25) is 5.91 Å². The van der Waals surface area contributed by atoms with Gasteiger partial charge in [-0.3, -0.25) is 14.5 Å². The van der Waals surface area contributed by atoms with Crippen molar-refractivity contribution in [2.75, 3.05) is 19.6 Å². The van der Waals surface area contributed by atoms with Gasteiger partial charge in [-0.05, 0) is 36.4 Å². The van der Waals surface area contributed by atoms with Crippen molar-refractivity contribution in [3.63, 3.8) is 0 Å². The van der Waals surface area contributed by atoms with Gasteiger partial charge in [0, 0.05) is 34.7 Å². The number of amides is 2. The summed E-state index contributed by atoms with van der Waals surface area (Å²) in [5.41, 5.74) is 5.97. The molecule has 0 atom stereocenters. The molecule has 2 amide bonds. The second-order valence-electron chi connectivity index (χ2n) is 6.35. The van der Waals surface area contributed by atoms with E-state index in [1.54, 1.807) is 23.1 Å². The van der Waals surface area contributed by atoms with E-state index in [0.29, 0.717) is 6.54 Å². The van der Waals surface area contributed by atoms with Crippen molar-refractivity contribution >= 4 is 34.9 Å². The molecule has 1 aliphatic rings. The van der Waals surface area contributed by atoms with Crippen LogP contribution in [0.2, 0.25) is 0 Å². The molecule has 1 saturated heterocycles. The number of benzene rings is 1. The highest BCUT2D eigenvalue weighted by molar-refractivity contribution is 7.98. The molecule has 1 aromatic heterocycles. The van der Waals surface area contributed by atoms with Gasteiger partial charge in [0.25, 0.3) is 5.91 Å². The summed E-state index contributed by atoms with van der Waals surface area (Å²) in [4.78, 5) is 28.1. The molecule has 3 N–H and O–H groups in total. The van der Waals surface area contributed by atoms with Gasteiger partial charge in [-0.2, -0.15) is 0 Å². The Labute approximate surface area is 162 Å². The number of primary amides is 1. The molecule has 0 unspecified atom stereocenters. The average Bonchev–Trinajstić information content (AvgIpc) is 3.15. The van der Waals surface area contributed by atoms with Crippen molar-refractivity contribution in [3.8, 4) is 0 Å². The van der Waals surface area contributed by atoms with E-state index in [1.807, 2.05) is 35.2 Å². The van der Waals surface area contributed by atoms with Crippen LogP contribution in [0.3, 0.4) is 0 Å². The third-order valence-corrected chi connectivity index (χ3v) is 6.57. The number of hydrogen-bond acceptors (Lipinski definition) is 5. The topological polar surface area (TPSA) is 75.4 Å². The molecule has 0 saturated carbocycles. The zero-order valence-corrected chi connectivity index (χ0v) is 16.2. The first-order valence-corrected chi connectivity index (χ1v) is 10.5. The number of nitrogens with two attached hydrogens (primary N) is 1. The predicted octanol–water partition coefficient (Wildman–Crippen LogP) is 2.72. The van der Waals surface area contributed by atoms with E-state index in [2.05, 4.69) is 16.8 Å². The van der Waals surface area contributed by atoms with Crippen LogP contribution in [0.5, 0.6) is 0 Å². The lowest BCUT2D eigenvalue weighted by Crippen LogP contribution is -2.46. The highest BCUT2D eigenvalue weighted by atomic mass is 32.2. The molecule has 0 aliphatic carbocycles. The van der Waals surface area contributed by atoms with Crippen molar-refractivity contribution in [1.29, 1.82) is 0 Å². The smallest absolute Gasteiger partial charge is 0.252 e. The second-order valence-corrected chi connectivity index (χ2v) is 8.40. The molecule has 2 aromatic rings. The van der Waals surface area contributed by atoms with Gasteiger partial charge in [-0.25, -0.2) is 0 Å². The lowest BCUT2D eigenvalue weighted by atomic mass is 10.0. The normalized spacial score (nSPS) is 15.7. The van der Waals surface area contributed by atoms with Crippen LogP contribution in [0.25, 0.3) is 0 Å². The molecule has 1 aliphatic heterocycles. The van der Waals surface area contributed by atoms with Crippen LogP contribution in [-0.4, -0.2) is 42.4 Å². The Hall–Kier alpha value is -1.83. The number of thioether (sulfide) groups is 1. The summed E-state index contributed by atoms with van der Waals surface area (Å²) in [6.45, 7) is 1.86. The highest BCUT2D eigenvalue weighted by Crippen LogP contribution is 2.28. The summed E-state index contributed by atoms with van der Waals surface area (Å²) in [5.74, 6) is 0.546. The lowest BCUT2D eigenvalue weighted by molar-refractivity contribution is -0.119. The molecule has 2 heterocycles. The van der Waals surface area contributed by atoms with Gasteiger partial charge >= 0.3 is 0 Å². The number of carbonyl (C=O) groups is 2. The molecule has 0 bridgehead atoms. The standard InChI is InChI=1S/C19H23N3O2S2/c20-18(23)12-22-9-7-14(8-10-22)21-19(24)16-5-1-2-6-17(16)26-13-15-4-3-11-25-15/h1-6,11,14H,7-10,12-13H2,(H2,20,23)(H,21,24). The molecule has 0 radical (unpaired) electrons. The fraction of sp³-hybridized carbons (Fsp3) is 0.368. The first-order valence-electron chi connectivity index (χ1n) is 8.67. The maximum Gasteiger partial charge on any atom is 0.252 e. The van der Waals surface area contributed by atoms with E-state index in [-0.39, 0.29) is 17.9 Å². The monoisotopic (exact) mass is 389 g/mol. The van der Waals surface area contributed by atoms with Crippen molar-refractivity contribution in [1.82, 2.24) is 10.2 Å². The van der Waals surface area contributed by atoms with Crippen LogP contribution in [0, 0.1) is 0 Å². The number of rotatable bonds is 7. The largest absolute Gasteiger partial charge is 0.369 e. The number of nitrogens with zero attached hydrogens (tertiary/aromatic N) is 1. The minimum atomic E-state index is -0.302. The maximum absolute atomic E-state index is 12.7. The Morgan fingerprint density at radius 1 is 1.19 bits per heavy atom. The summed E-state index contributed by atoms with van der Waals surface area (Å²) in [7, 11) is 0. The van der Waals surface area contributed by atoms with Gasteiger partial charge in [0.15, 0.2) is 0 Å². The lowest BCUT2D eigenvalue weighted by Gasteiger charge is -2.31. The number of piperidine rings is 1. The number of nitrogens with one attached hydrogen (secondary N) is 1. The van der Waals surface area contributed by atoms with Crippen molar-refractivity contribution in [3.05, 3.63) is 52.2 Å². The summed E-state index contributed by atoms with van der Waals surface area (Å²) in [5, 5.41) is 5.22. The minimum absolute atomic E-state index is 0.0207. The van der Waals surface area contributed by atoms with Crippen LogP contribution in [0.1, 0.15) is 28.1 Å². The fourth-order valence-corrected chi connectivity index (χ4v) is 4.87. The first kappa shape index (κ1) is 18.9. The Balaban J connectivity index is 1.55. The van der Waals surface area contributed by atoms with E-state index in [1.165, 1.54) is 4.88 Å². The number of hydrogen-bond donors (Lipinski definition) is 2. The molecular formula is C19H23N3O2S2. The predicted molar refractivity (Wildman–Crippen MR) is 106 cm³/mol. The molecule has 1 aromatic carbocycles. The minimum Gasteiger partial charge on any atom is -0.369 e. The Bertz CT molecular complexity index is 741. The van der Waals surface area contributed by atoms with Crippen LogP contribution < -0.4 is 11.1 Å². The first-order chi connectivity index (χ1) is 12.6. The SMILES string of the molecule is NC(=O)CN1CCC(NC(=O)c2ccccc2SCc2cccs2)CC1. The van der Waals surface area contributed by atoms with Gasteiger partial charge in [0.05, 0.1) is 12.1 Å². The zero-order valence-electron chi connectivity index (χ0n) is 14.5. The molecule has 138 valence electrons. The quantitative estimate of drug-likeness (QED) is 0.714. The van der Waals surface area contributed by atoms with Crippen molar-refractivity contribution < 1.29 is 9.59 Å². The third-order valence-electron chi connectivity index (χ3n) is 4.38. The van der Waals surface area contributed by atoms with E-state index >= 15 is 0 Å².